The molecule has 0 aliphatic carbocycles. The fourth-order valence-corrected chi connectivity index (χ4v) is 1.48. The van der Waals surface area contributed by atoms with Gasteiger partial charge in [0.25, 0.3) is 0 Å². The maximum Gasteiger partial charge on any atom is 0.133 e. The van der Waals surface area contributed by atoms with Crippen LogP contribution in [0.5, 0.6) is 11.5 Å². The van der Waals surface area contributed by atoms with Gasteiger partial charge in [0.2, 0.25) is 0 Å². The molecular weight excluding hydrogens is 396 g/mol. The Morgan fingerprint density at radius 1 is 0.944 bits per heavy atom. The van der Waals surface area contributed by atoms with Gasteiger partial charge in [0.15, 0.2) is 0 Å². The minimum atomic E-state index is 0. The zero-order valence-electron chi connectivity index (χ0n) is 9.84. The van der Waals surface area contributed by atoms with E-state index in [4.69, 9.17) is 4.74 Å². The SMILES string of the molecule is [CH2-]CC(=O)c1ccc(Oc2ccccc2)cc1.[W]. The van der Waals surface area contributed by atoms with Crippen LogP contribution in [0.25, 0.3) is 0 Å². The van der Waals surface area contributed by atoms with Crippen LogP contribution in [0.2, 0.25) is 0 Å². The minimum Gasteiger partial charge on any atom is -0.457 e. The zero-order valence-corrected chi connectivity index (χ0v) is 12.8. The molecule has 0 spiro atoms. The standard InChI is InChI=1S/C15H13O2.W/c1-2-15(16)12-8-10-14(11-9-12)17-13-6-4-3-5-7-13;/h3-11H,1-2H2;/q-1;. The first kappa shape index (κ1) is 14.7. The van der Waals surface area contributed by atoms with Crippen LogP contribution in [0.1, 0.15) is 16.8 Å². The zero-order chi connectivity index (χ0) is 12.1. The average molecular weight is 409 g/mol. The fraction of sp³-hybridized carbons (Fsp3) is 0.0667. The van der Waals surface area contributed by atoms with Gasteiger partial charge in [-0.2, -0.15) is 0 Å². The van der Waals surface area contributed by atoms with Gasteiger partial charge in [-0.3, -0.25) is 4.79 Å². The van der Waals surface area contributed by atoms with Crippen molar-refractivity contribution >= 4 is 5.78 Å². The predicted octanol–water partition coefficient (Wildman–Crippen LogP) is 3.88. The average Bonchev–Trinajstić information content (AvgIpc) is 2.40. The molecule has 92 valence electrons. The van der Waals surface area contributed by atoms with Crippen molar-refractivity contribution in [2.24, 2.45) is 0 Å². The Morgan fingerprint density at radius 3 is 2.06 bits per heavy atom. The van der Waals surface area contributed by atoms with Crippen molar-refractivity contribution in [3.05, 3.63) is 67.1 Å². The Kier molecular flexibility index (Phi) is 5.80. The van der Waals surface area contributed by atoms with E-state index in [1.807, 2.05) is 30.3 Å². The fourth-order valence-electron chi connectivity index (χ4n) is 1.48. The molecule has 3 heteroatoms. The van der Waals surface area contributed by atoms with Gasteiger partial charge >= 0.3 is 0 Å². The summed E-state index contributed by atoms with van der Waals surface area (Å²) in [4.78, 5) is 11.4. The summed E-state index contributed by atoms with van der Waals surface area (Å²) in [7, 11) is 0. The van der Waals surface area contributed by atoms with E-state index in [2.05, 4.69) is 6.92 Å². The molecule has 2 aromatic carbocycles. The number of hydrogen-bond acceptors (Lipinski definition) is 2. The third-order valence-electron chi connectivity index (χ3n) is 2.38. The van der Waals surface area contributed by atoms with Crippen molar-refractivity contribution in [1.82, 2.24) is 0 Å². The first-order valence-electron chi connectivity index (χ1n) is 5.45. The summed E-state index contributed by atoms with van der Waals surface area (Å²) in [6.07, 6.45) is 0.277. The van der Waals surface area contributed by atoms with E-state index in [9.17, 15) is 4.79 Å². The number of para-hydroxylation sites is 1. The summed E-state index contributed by atoms with van der Waals surface area (Å²) < 4.78 is 5.62. The molecule has 0 amide bonds. The Hall–Kier alpha value is -1.40. The van der Waals surface area contributed by atoms with Crippen LogP contribution < -0.4 is 4.74 Å². The first-order valence-corrected chi connectivity index (χ1v) is 5.45. The summed E-state index contributed by atoms with van der Waals surface area (Å²) in [6.45, 7) is 3.57. The van der Waals surface area contributed by atoms with Crippen molar-refractivity contribution < 1.29 is 30.6 Å². The van der Waals surface area contributed by atoms with Crippen LogP contribution in [-0.2, 0) is 21.1 Å². The van der Waals surface area contributed by atoms with Gasteiger partial charge in [0.05, 0.1) is 0 Å². The number of carbonyl (C=O) groups excluding carboxylic acids is 1. The third kappa shape index (κ3) is 3.82. The number of Topliss-reactive ketones (excluding diaryl/α,β-unsaturated/α-hetero) is 1. The Morgan fingerprint density at radius 2 is 1.50 bits per heavy atom. The molecule has 0 N–H and O–H groups in total. The number of hydrogen-bond donors (Lipinski definition) is 0. The van der Waals surface area contributed by atoms with Crippen molar-refractivity contribution in [1.29, 1.82) is 0 Å². The Labute approximate surface area is 121 Å². The van der Waals surface area contributed by atoms with Gasteiger partial charge in [-0.05, 0) is 36.4 Å². The monoisotopic (exact) mass is 409 g/mol. The number of ketones is 1. The van der Waals surface area contributed by atoms with Gasteiger partial charge in [0.1, 0.15) is 17.3 Å². The molecule has 2 rings (SSSR count). The summed E-state index contributed by atoms with van der Waals surface area (Å²) in [6, 6.07) is 16.6. The topological polar surface area (TPSA) is 26.3 Å². The van der Waals surface area contributed by atoms with Crippen molar-refractivity contribution in [2.45, 2.75) is 6.42 Å². The molecule has 0 heterocycles. The van der Waals surface area contributed by atoms with E-state index in [0.29, 0.717) is 5.56 Å². The summed E-state index contributed by atoms with van der Waals surface area (Å²) >= 11 is 0. The van der Waals surface area contributed by atoms with E-state index in [1.165, 1.54) is 0 Å². The summed E-state index contributed by atoms with van der Waals surface area (Å²) in [5, 5.41) is 0. The van der Waals surface area contributed by atoms with Gasteiger partial charge < -0.3 is 11.7 Å². The number of ether oxygens (including phenoxy) is 1. The van der Waals surface area contributed by atoms with Crippen molar-refractivity contribution in [2.75, 3.05) is 0 Å². The third-order valence-corrected chi connectivity index (χ3v) is 2.38. The molecule has 0 aromatic heterocycles. The molecule has 18 heavy (non-hydrogen) atoms. The second kappa shape index (κ2) is 7.13. The molecule has 0 saturated heterocycles. The molecule has 0 saturated carbocycles. The first-order chi connectivity index (χ1) is 8.29. The van der Waals surface area contributed by atoms with Crippen LogP contribution in [0, 0.1) is 6.92 Å². The molecule has 0 unspecified atom stereocenters. The molecule has 0 atom stereocenters. The second-order valence-electron chi connectivity index (χ2n) is 3.61. The van der Waals surface area contributed by atoms with E-state index in [-0.39, 0.29) is 33.3 Å². The van der Waals surface area contributed by atoms with Gasteiger partial charge in [-0.25, -0.2) is 0 Å². The maximum absolute atomic E-state index is 11.4. The largest absolute Gasteiger partial charge is 0.457 e. The molecular formula is C15H13O2W-. The van der Waals surface area contributed by atoms with E-state index < -0.39 is 0 Å². The Balaban J connectivity index is 0.00000162. The molecule has 0 bridgehead atoms. The maximum atomic E-state index is 11.4. The van der Waals surface area contributed by atoms with Crippen LogP contribution in [0.15, 0.2) is 54.6 Å². The molecule has 2 aromatic rings. The molecule has 0 fully saturated rings. The van der Waals surface area contributed by atoms with Crippen LogP contribution in [0.4, 0.5) is 0 Å². The molecule has 0 aliphatic rings. The quantitative estimate of drug-likeness (QED) is 0.566. The number of carbonyl (C=O) groups is 1. The minimum absolute atomic E-state index is 0. The summed E-state index contributed by atoms with van der Waals surface area (Å²) in [5.41, 5.74) is 0.667. The smallest absolute Gasteiger partial charge is 0.133 e. The second-order valence-corrected chi connectivity index (χ2v) is 3.61. The van der Waals surface area contributed by atoms with Gasteiger partial charge in [-0.15, -0.1) is 6.42 Å². The normalized spacial score (nSPS) is 9.39. The molecule has 2 nitrogen and oxygen atoms in total. The Bertz CT molecular complexity index is 492. The molecule has 0 aliphatic heterocycles. The van der Waals surface area contributed by atoms with Gasteiger partial charge in [-0.1, -0.05) is 18.2 Å². The van der Waals surface area contributed by atoms with E-state index >= 15 is 0 Å². The molecule has 0 radical (unpaired) electrons. The number of rotatable bonds is 4. The predicted molar refractivity (Wildman–Crippen MR) is 67.3 cm³/mol. The van der Waals surface area contributed by atoms with Crippen molar-refractivity contribution in [3.63, 3.8) is 0 Å². The van der Waals surface area contributed by atoms with Crippen LogP contribution >= 0.6 is 0 Å². The van der Waals surface area contributed by atoms with Crippen LogP contribution in [0.3, 0.4) is 0 Å². The number of benzene rings is 2. The van der Waals surface area contributed by atoms with Gasteiger partial charge in [0, 0.05) is 26.6 Å². The van der Waals surface area contributed by atoms with Crippen molar-refractivity contribution in [3.8, 4) is 11.5 Å². The van der Waals surface area contributed by atoms with E-state index in [0.717, 1.165) is 11.5 Å². The van der Waals surface area contributed by atoms with E-state index in [1.54, 1.807) is 24.3 Å². The van der Waals surface area contributed by atoms with Crippen LogP contribution in [-0.4, -0.2) is 5.78 Å². The summed E-state index contributed by atoms with van der Waals surface area (Å²) in [5.74, 6) is 1.54.